The topological polar surface area (TPSA) is 0 Å². The molecule has 0 heterocycles. The van der Waals surface area contributed by atoms with E-state index in [1.807, 2.05) is 0 Å². The van der Waals surface area contributed by atoms with Crippen molar-refractivity contribution in [1.82, 2.24) is 0 Å². The van der Waals surface area contributed by atoms with Gasteiger partial charge in [-0.05, 0) is 84.9 Å². The third-order valence-electron chi connectivity index (χ3n) is 8.47. The maximum absolute atomic E-state index is 2.56. The maximum atomic E-state index is 2.56. The third-order valence-corrected chi connectivity index (χ3v) is 17.0. The first-order valence-electron chi connectivity index (χ1n) is 15.1. The minimum atomic E-state index is -2.26. The Hall–Kier alpha value is -4.60. The lowest BCUT2D eigenvalue weighted by Gasteiger charge is -2.30. The fourth-order valence-corrected chi connectivity index (χ4v) is 15.3. The van der Waals surface area contributed by atoms with Crippen molar-refractivity contribution < 1.29 is 0 Å². The van der Waals surface area contributed by atoms with Crippen LogP contribution in [0, 0.1) is 0 Å². The molecule has 0 atom stereocenters. The first-order valence-corrected chi connectivity index (χ1v) is 18.7. The van der Waals surface area contributed by atoms with Gasteiger partial charge in [-0.3, -0.25) is 0 Å². The monoisotopic (exact) mass is 600 g/mol. The van der Waals surface area contributed by atoms with E-state index in [1.54, 1.807) is 0 Å². The van der Waals surface area contributed by atoms with Crippen LogP contribution in [0.3, 0.4) is 0 Å². The van der Waals surface area contributed by atoms with E-state index in [4.69, 9.17) is 0 Å². The number of hydrogen-bond acceptors (Lipinski definition) is 0. The lowest BCUT2D eigenvalue weighted by atomic mass is 10.3. The van der Waals surface area contributed by atoms with Gasteiger partial charge < -0.3 is 0 Å². The van der Waals surface area contributed by atoms with Crippen LogP contribution in [0.1, 0.15) is 0 Å². The van der Waals surface area contributed by atoms with Gasteiger partial charge in [0, 0.05) is 6.07 Å². The molecule has 0 aliphatic rings. The van der Waals surface area contributed by atoms with Crippen molar-refractivity contribution in [2.45, 2.75) is 0 Å². The minimum absolute atomic E-state index is 1.36. The molecule has 0 spiro atoms. The van der Waals surface area contributed by atoms with E-state index in [0.29, 0.717) is 0 Å². The molecule has 0 unspecified atom stereocenters. The van der Waals surface area contributed by atoms with Crippen LogP contribution in [-0.2, 0) is 0 Å². The smallest absolute Gasteiger partial charge is 0.0620 e. The van der Waals surface area contributed by atoms with Gasteiger partial charge in [-0.2, -0.15) is 0 Å². The second-order valence-electron chi connectivity index (χ2n) is 10.9. The Bertz CT molecular complexity index is 1590. The van der Waals surface area contributed by atoms with Gasteiger partial charge in [-0.15, -0.1) is 0 Å². The van der Waals surface area contributed by atoms with Gasteiger partial charge in [-0.1, -0.05) is 115 Å². The summed E-state index contributed by atoms with van der Waals surface area (Å²) < 4.78 is 0. The maximum Gasteiger partial charge on any atom is 0.144 e. The minimum Gasteiger partial charge on any atom is -0.0620 e. The molecule has 0 fully saturated rings. The highest BCUT2D eigenvalue weighted by Gasteiger charge is 2.52. The van der Waals surface area contributed by atoms with E-state index < -0.39 is 14.5 Å². The Morgan fingerprint density at radius 1 is 0.182 bits per heavy atom. The summed E-state index contributed by atoms with van der Waals surface area (Å²) in [6.07, 6.45) is 0. The Balaban J connectivity index is 1.61. The molecule has 0 radical (unpaired) electrons. The molecule has 0 aliphatic carbocycles. The molecule has 0 nitrogen and oxygen atoms in total. The van der Waals surface area contributed by atoms with Crippen molar-refractivity contribution in [1.29, 1.82) is 0 Å². The quantitative estimate of drug-likeness (QED) is 0.166. The van der Waals surface area contributed by atoms with Crippen molar-refractivity contribution in [3.63, 3.8) is 0 Å². The summed E-state index contributed by atoms with van der Waals surface area (Å²) >= 11 is 0. The Kier molecular flexibility index (Phi) is 8.04. The fourth-order valence-electron chi connectivity index (χ4n) is 6.61. The highest BCUT2D eigenvalue weighted by molar-refractivity contribution is 8.02. The molecule has 0 saturated carbocycles. The van der Waals surface area contributed by atoms with Crippen molar-refractivity contribution in [3.05, 3.63) is 206 Å². The summed E-state index contributed by atoms with van der Waals surface area (Å²) in [5.41, 5.74) is 0. The molecular weight excluding hydrogens is 566 g/mol. The predicted octanol–water partition coefficient (Wildman–Crippen LogP) is 6.93. The highest BCUT2D eigenvalue weighted by atomic mass is 31.2. The van der Waals surface area contributed by atoms with Crippen LogP contribution in [-0.4, -0.2) is 0 Å². The highest BCUT2D eigenvalue weighted by Crippen LogP contribution is 2.57. The van der Waals surface area contributed by atoms with Crippen molar-refractivity contribution in [2.24, 2.45) is 0 Å². The van der Waals surface area contributed by atoms with E-state index in [0.717, 1.165) is 0 Å². The molecule has 0 amide bonds. The second-order valence-corrected chi connectivity index (χ2v) is 17.7. The van der Waals surface area contributed by atoms with Crippen LogP contribution in [0.25, 0.3) is 0 Å². The lowest BCUT2D eigenvalue weighted by Crippen LogP contribution is -2.42. The first-order chi connectivity index (χ1) is 21.8. The van der Waals surface area contributed by atoms with Gasteiger partial charge in [0.2, 0.25) is 0 Å². The van der Waals surface area contributed by atoms with Gasteiger partial charge in [0.05, 0.1) is 0 Å². The van der Waals surface area contributed by atoms with Crippen LogP contribution in [0.4, 0.5) is 0 Å². The standard InChI is InChI=1S/C42H34P2/c1-7-20-35(21-8-1)43(36-22-9-2-10-23-36,37-24-11-3-12-25-37)41-32-19-33-42(34-41)44(38-26-13-4-14-27-38,39-28-15-5-16-29-39)40-30-17-6-18-31-40/h1-34H/q+2. The molecule has 2 heteroatoms. The predicted molar refractivity (Wildman–Crippen MR) is 196 cm³/mol. The molecule has 0 saturated heterocycles. The molecule has 210 valence electrons. The van der Waals surface area contributed by atoms with Crippen LogP contribution >= 0.6 is 14.5 Å². The molecular formula is C42H34P2+2. The van der Waals surface area contributed by atoms with Crippen LogP contribution in [0.15, 0.2) is 206 Å². The molecule has 0 aliphatic heterocycles. The number of hydrogen-bond donors (Lipinski definition) is 0. The summed E-state index contributed by atoms with van der Waals surface area (Å²) in [6, 6.07) is 76.6. The molecule has 0 bridgehead atoms. The molecule has 0 N–H and O–H groups in total. The lowest BCUT2D eigenvalue weighted by molar-refractivity contribution is 1.70. The summed E-state index contributed by atoms with van der Waals surface area (Å²) in [7, 11) is -4.52. The average molecular weight is 601 g/mol. The van der Waals surface area contributed by atoms with Gasteiger partial charge in [0.15, 0.2) is 0 Å². The third kappa shape index (κ3) is 4.82. The zero-order valence-corrected chi connectivity index (χ0v) is 26.3. The summed E-state index contributed by atoms with van der Waals surface area (Å²) in [5.74, 6) is 0. The Morgan fingerprint density at radius 2 is 0.364 bits per heavy atom. The van der Waals surface area contributed by atoms with Crippen LogP contribution < -0.4 is 42.4 Å². The van der Waals surface area contributed by atoms with E-state index >= 15 is 0 Å². The SMILES string of the molecule is c1ccc([P+](c2ccccc2)(c2ccccc2)c2cccc([P+](c3ccccc3)(c3ccccc3)c3ccccc3)c2)cc1. The van der Waals surface area contributed by atoms with Gasteiger partial charge in [-0.25, -0.2) is 0 Å². The summed E-state index contributed by atoms with van der Waals surface area (Å²) in [5, 5.41) is 10.9. The second kappa shape index (κ2) is 12.6. The van der Waals surface area contributed by atoms with E-state index in [2.05, 4.69) is 206 Å². The van der Waals surface area contributed by atoms with Crippen molar-refractivity contribution >= 4 is 57.0 Å². The molecule has 7 aromatic rings. The Labute approximate surface area is 262 Å². The summed E-state index contributed by atoms with van der Waals surface area (Å²) in [4.78, 5) is 0. The zero-order chi connectivity index (χ0) is 29.7. The fraction of sp³-hybridized carbons (Fsp3) is 0. The summed E-state index contributed by atoms with van der Waals surface area (Å²) in [6.45, 7) is 0. The largest absolute Gasteiger partial charge is 0.144 e. The number of rotatable bonds is 8. The van der Waals surface area contributed by atoms with Gasteiger partial charge >= 0.3 is 0 Å². The first kappa shape index (κ1) is 28.2. The van der Waals surface area contributed by atoms with Crippen LogP contribution in [0.2, 0.25) is 0 Å². The average Bonchev–Trinajstić information content (AvgIpc) is 3.12. The van der Waals surface area contributed by atoms with Crippen LogP contribution in [0.5, 0.6) is 0 Å². The normalized spacial score (nSPS) is 11.6. The van der Waals surface area contributed by atoms with Crippen molar-refractivity contribution in [2.75, 3.05) is 0 Å². The van der Waals surface area contributed by atoms with E-state index in [9.17, 15) is 0 Å². The Morgan fingerprint density at radius 3 is 0.568 bits per heavy atom. The molecule has 0 aromatic heterocycles. The van der Waals surface area contributed by atoms with E-state index in [1.165, 1.54) is 42.4 Å². The number of benzene rings is 7. The molecule has 7 aromatic carbocycles. The molecule has 44 heavy (non-hydrogen) atoms. The van der Waals surface area contributed by atoms with Crippen molar-refractivity contribution in [3.8, 4) is 0 Å². The zero-order valence-electron chi connectivity index (χ0n) is 24.5. The van der Waals surface area contributed by atoms with Gasteiger partial charge in [0.25, 0.3) is 0 Å². The van der Waals surface area contributed by atoms with E-state index in [-0.39, 0.29) is 0 Å². The molecule has 7 rings (SSSR count). The van der Waals surface area contributed by atoms with Gasteiger partial charge in [0.1, 0.15) is 57.0 Å².